The van der Waals surface area contributed by atoms with Gasteiger partial charge in [-0.2, -0.15) is 5.26 Å². The SMILES string of the molecule is CCC1CCC(C#N)C(S(=O)(=O)c2ccc(C)c(C)c2)C1. The summed E-state index contributed by atoms with van der Waals surface area (Å²) in [4.78, 5) is 0.368. The highest BCUT2D eigenvalue weighted by Crippen LogP contribution is 2.37. The monoisotopic (exact) mass is 305 g/mol. The summed E-state index contributed by atoms with van der Waals surface area (Å²) in [6.07, 6.45) is 3.26. The number of nitriles is 1. The second kappa shape index (κ2) is 6.19. The van der Waals surface area contributed by atoms with Crippen molar-refractivity contribution in [1.29, 1.82) is 5.26 Å². The van der Waals surface area contributed by atoms with Crippen LogP contribution >= 0.6 is 0 Å². The predicted molar refractivity (Wildman–Crippen MR) is 83.6 cm³/mol. The van der Waals surface area contributed by atoms with E-state index < -0.39 is 15.1 Å². The van der Waals surface area contributed by atoms with Crippen molar-refractivity contribution in [3.8, 4) is 6.07 Å². The molecule has 1 aliphatic carbocycles. The van der Waals surface area contributed by atoms with Crippen LogP contribution in [-0.4, -0.2) is 13.7 Å². The Kier molecular flexibility index (Phi) is 4.73. The minimum Gasteiger partial charge on any atom is -0.223 e. The molecule has 1 aliphatic rings. The van der Waals surface area contributed by atoms with Crippen LogP contribution in [0, 0.1) is 37.0 Å². The zero-order valence-electron chi connectivity index (χ0n) is 13.0. The van der Waals surface area contributed by atoms with E-state index in [1.54, 1.807) is 12.1 Å². The molecule has 0 heterocycles. The fourth-order valence-corrected chi connectivity index (χ4v) is 5.24. The fourth-order valence-electron chi connectivity index (χ4n) is 3.14. The summed E-state index contributed by atoms with van der Waals surface area (Å²) >= 11 is 0. The Labute approximate surface area is 127 Å². The lowest BCUT2D eigenvalue weighted by Gasteiger charge is -2.32. The van der Waals surface area contributed by atoms with Crippen LogP contribution in [0.3, 0.4) is 0 Å². The number of nitrogens with zero attached hydrogens (tertiary/aromatic N) is 1. The maximum absolute atomic E-state index is 12.9. The summed E-state index contributed by atoms with van der Waals surface area (Å²) in [6, 6.07) is 7.50. The zero-order chi connectivity index (χ0) is 15.6. The lowest BCUT2D eigenvalue weighted by molar-refractivity contribution is 0.308. The van der Waals surface area contributed by atoms with Gasteiger partial charge in [-0.25, -0.2) is 8.42 Å². The first kappa shape index (κ1) is 16.0. The normalized spacial score (nSPS) is 26.3. The van der Waals surface area contributed by atoms with Crippen molar-refractivity contribution in [2.75, 3.05) is 0 Å². The van der Waals surface area contributed by atoms with Gasteiger partial charge in [0.25, 0.3) is 0 Å². The van der Waals surface area contributed by atoms with Gasteiger partial charge in [-0.3, -0.25) is 0 Å². The molecule has 0 aromatic heterocycles. The van der Waals surface area contributed by atoms with Gasteiger partial charge in [0.2, 0.25) is 0 Å². The maximum Gasteiger partial charge on any atom is 0.182 e. The minimum atomic E-state index is -3.43. The second-order valence-corrected chi connectivity index (χ2v) is 8.32. The number of sulfone groups is 1. The van der Waals surface area contributed by atoms with Crippen LogP contribution in [0.1, 0.15) is 43.7 Å². The predicted octanol–water partition coefficient (Wildman–Crippen LogP) is 3.80. The Morgan fingerprint density at radius 2 is 1.95 bits per heavy atom. The Hall–Kier alpha value is -1.34. The highest BCUT2D eigenvalue weighted by molar-refractivity contribution is 7.92. The number of benzene rings is 1. The summed E-state index contributed by atoms with van der Waals surface area (Å²) in [5.41, 5.74) is 2.06. The summed E-state index contributed by atoms with van der Waals surface area (Å²) < 4.78 is 25.9. The van der Waals surface area contributed by atoms with Gasteiger partial charge in [0.05, 0.1) is 22.1 Å². The van der Waals surface area contributed by atoms with Crippen LogP contribution in [0.25, 0.3) is 0 Å². The molecular formula is C17H23NO2S. The molecule has 1 fully saturated rings. The molecular weight excluding hydrogens is 282 g/mol. The van der Waals surface area contributed by atoms with E-state index in [-0.39, 0.29) is 5.92 Å². The highest BCUT2D eigenvalue weighted by atomic mass is 32.2. The number of hydrogen-bond acceptors (Lipinski definition) is 3. The van der Waals surface area contributed by atoms with Gasteiger partial charge in [-0.1, -0.05) is 19.4 Å². The van der Waals surface area contributed by atoms with Crippen LogP contribution in [0.4, 0.5) is 0 Å². The topological polar surface area (TPSA) is 57.9 Å². The van der Waals surface area contributed by atoms with E-state index in [1.807, 2.05) is 19.9 Å². The summed E-state index contributed by atoms with van der Waals surface area (Å²) in [7, 11) is -3.43. The van der Waals surface area contributed by atoms with Crippen molar-refractivity contribution < 1.29 is 8.42 Å². The van der Waals surface area contributed by atoms with Crippen molar-refractivity contribution in [3.05, 3.63) is 29.3 Å². The third kappa shape index (κ3) is 3.13. The molecule has 114 valence electrons. The molecule has 0 N–H and O–H groups in total. The van der Waals surface area contributed by atoms with Crippen molar-refractivity contribution in [2.45, 2.75) is 56.6 Å². The summed E-state index contributed by atoms with van der Waals surface area (Å²) in [5, 5.41) is 8.76. The maximum atomic E-state index is 12.9. The highest BCUT2D eigenvalue weighted by Gasteiger charge is 2.39. The molecule has 4 heteroatoms. The molecule has 1 aromatic carbocycles. The van der Waals surface area contributed by atoms with E-state index in [0.29, 0.717) is 23.7 Å². The molecule has 0 amide bonds. The quantitative estimate of drug-likeness (QED) is 0.853. The smallest absolute Gasteiger partial charge is 0.182 e. The standard InChI is InChI=1S/C17H23NO2S/c1-4-14-6-7-15(11-18)17(10-14)21(19,20)16-8-5-12(2)13(3)9-16/h5,8-9,14-15,17H,4,6-7,10H2,1-3H3. The lowest BCUT2D eigenvalue weighted by Crippen LogP contribution is -2.35. The van der Waals surface area contributed by atoms with E-state index in [4.69, 9.17) is 0 Å². The molecule has 3 atom stereocenters. The molecule has 3 nitrogen and oxygen atoms in total. The average molecular weight is 305 g/mol. The molecule has 0 radical (unpaired) electrons. The van der Waals surface area contributed by atoms with E-state index in [9.17, 15) is 13.7 Å². The first-order valence-corrected chi connectivity index (χ1v) is 9.15. The summed E-state index contributed by atoms with van der Waals surface area (Å²) in [5.74, 6) is 0.0420. The van der Waals surface area contributed by atoms with Gasteiger partial charge in [0.15, 0.2) is 9.84 Å². The second-order valence-electron chi connectivity index (χ2n) is 6.15. The van der Waals surface area contributed by atoms with Gasteiger partial charge in [0.1, 0.15) is 0 Å². The van der Waals surface area contributed by atoms with Crippen LogP contribution in [0.2, 0.25) is 0 Å². The Balaban J connectivity index is 2.40. The molecule has 1 saturated carbocycles. The molecule has 0 bridgehead atoms. The van der Waals surface area contributed by atoms with Gasteiger partial charge in [-0.05, 0) is 62.3 Å². The lowest BCUT2D eigenvalue weighted by atomic mass is 9.81. The Morgan fingerprint density at radius 3 is 2.52 bits per heavy atom. The van der Waals surface area contributed by atoms with E-state index in [2.05, 4.69) is 13.0 Å². The van der Waals surface area contributed by atoms with Gasteiger partial charge >= 0.3 is 0 Å². The number of aryl methyl sites for hydroxylation is 2. The molecule has 3 unspecified atom stereocenters. The zero-order valence-corrected chi connectivity index (χ0v) is 13.8. The number of rotatable bonds is 3. The van der Waals surface area contributed by atoms with Crippen molar-refractivity contribution in [1.82, 2.24) is 0 Å². The fraction of sp³-hybridized carbons (Fsp3) is 0.588. The Bertz CT molecular complexity index is 658. The van der Waals surface area contributed by atoms with E-state index >= 15 is 0 Å². The first-order valence-electron chi connectivity index (χ1n) is 7.61. The minimum absolute atomic E-state index is 0.368. The van der Waals surface area contributed by atoms with Gasteiger partial charge < -0.3 is 0 Å². The third-order valence-electron chi connectivity index (χ3n) is 4.85. The van der Waals surface area contributed by atoms with Crippen LogP contribution in [0.5, 0.6) is 0 Å². The van der Waals surface area contributed by atoms with E-state index in [0.717, 1.165) is 24.0 Å². The van der Waals surface area contributed by atoms with Crippen LogP contribution in [-0.2, 0) is 9.84 Å². The van der Waals surface area contributed by atoms with E-state index in [1.165, 1.54) is 0 Å². The third-order valence-corrected chi connectivity index (χ3v) is 7.08. The van der Waals surface area contributed by atoms with Crippen molar-refractivity contribution in [2.24, 2.45) is 11.8 Å². The molecule has 2 rings (SSSR count). The van der Waals surface area contributed by atoms with Gasteiger partial charge in [-0.15, -0.1) is 0 Å². The van der Waals surface area contributed by atoms with Crippen LogP contribution < -0.4 is 0 Å². The summed E-state index contributed by atoms with van der Waals surface area (Å²) in [6.45, 7) is 5.99. The van der Waals surface area contributed by atoms with Gasteiger partial charge in [0, 0.05) is 0 Å². The molecule has 0 saturated heterocycles. The average Bonchev–Trinajstić information content (AvgIpc) is 2.49. The molecule has 21 heavy (non-hydrogen) atoms. The van der Waals surface area contributed by atoms with Crippen molar-refractivity contribution in [3.63, 3.8) is 0 Å². The first-order chi connectivity index (χ1) is 9.90. The Morgan fingerprint density at radius 1 is 1.24 bits per heavy atom. The van der Waals surface area contributed by atoms with Crippen LogP contribution in [0.15, 0.2) is 23.1 Å². The molecule has 0 aliphatic heterocycles. The molecule has 1 aromatic rings. The molecule has 0 spiro atoms. The number of hydrogen-bond donors (Lipinski definition) is 0. The van der Waals surface area contributed by atoms with Crippen molar-refractivity contribution >= 4 is 9.84 Å². The largest absolute Gasteiger partial charge is 0.223 e.